The molecule has 1 atom stereocenters. The van der Waals surface area contributed by atoms with Crippen LogP contribution in [0.5, 0.6) is 11.5 Å². The van der Waals surface area contributed by atoms with Crippen molar-refractivity contribution in [2.24, 2.45) is 0 Å². The molecule has 1 aliphatic heterocycles. The number of rotatable bonds is 9. The Balaban J connectivity index is 1.46. The maximum Gasteiger partial charge on any atom is 0.258 e. The first-order chi connectivity index (χ1) is 15.0. The SMILES string of the molecule is COc1cc(C(C)=O)ccc1OCC(=O)NCc1ccc(CN2CCCCC2C)cc1. The van der Waals surface area contributed by atoms with Crippen molar-refractivity contribution in [1.29, 1.82) is 0 Å². The Kier molecular flexibility index (Phi) is 8.06. The number of methoxy groups -OCH3 is 1. The third kappa shape index (κ3) is 6.56. The zero-order valence-electron chi connectivity index (χ0n) is 18.6. The van der Waals surface area contributed by atoms with Crippen LogP contribution >= 0.6 is 0 Å². The number of benzene rings is 2. The van der Waals surface area contributed by atoms with Crippen LogP contribution in [-0.2, 0) is 17.9 Å². The molecule has 2 aromatic carbocycles. The summed E-state index contributed by atoms with van der Waals surface area (Å²) in [5.74, 6) is 0.584. The molecule has 1 fully saturated rings. The quantitative estimate of drug-likeness (QED) is 0.617. The van der Waals surface area contributed by atoms with Crippen LogP contribution in [0.2, 0.25) is 0 Å². The van der Waals surface area contributed by atoms with Crippen LogP contribution in [0.15, 0.2) is 42.5 Å². The predicted molar refractivity (Wildman–Crippen MR) is 121 cm³/mol. The van der Waals surface area contributed by atoms with E-state index in [9.17, 15) is 9.59 Å². The van der Waals surface area contributed by atoms with E-state index in [0.717, 1.165) is 12.1 Å². The number of Topliss-reactive ketones (excluding diaryl/α,β-unsaturated/α-hetero) is 1. The van der Waals surface area contributed by atoms with Gasteiger partial charge in [-0.25, -0.2) is 0 Å². The monoisotopic (exact) mass is 424 g/mol. The highest BCUT2D eigenvalue weighted by Crippen LogP contribution is 2.28. The molecular formula is C25H32N2O4. The zero-order valence-corrected chi connectivity index (χ0v) is 18.6. The van der Waals surface area contributed by atoms with Crippen molar-refractivity contribution in [3.63, 3.8) is 0 Å². The smallest absolute Gasteiger partial charge is 0.258 e. The number of hydrogen-bond donors (Lipinski definition) is 1. The molecule has 31 heavy (non-hydrogen) atoms. The molecule has 1 aliphatic rings. The molecule has 1 unspecified atom stereocenters. The second kappa shape index (κ2) is 11.0. The van der Waals surface area contributed by atoms with E-state index in [1.54, 1.807) is 18.2 Å². The summed E-state index contributed by atoms with van der Waals surface area (Å²) in [4.78, 5) is 26.2. The highest BCUT2D eigenvalue weighted by atomic mass is 16.5. The molecule has 0 saturated carbocycles. The number of amides is 1. The summed E-state index contributed by atoms with van der Waals surface area (Å²) >= 11 is 0. The second-order valence-corrected chi connectivity index (χ2v) is 8.12. The van der Waals surface area contributed by atoms with E-state index in [0.29, 0.717) is 29.6 Å². The summed E-state index contributed by atoms with van der Waals surface area (Å²) in [5, 5.41) is 2.87. The van der Waals surface area contributed by atoms with E-state index < -0.39 is 0 Å². The van der Waals surface area contributed by atoms with Gasteiger partial charge in [0.05, 0.1) is 7.11 Å². The van der Waals surface area contributed by atoms with Crippen molar-refractivity contribution in [1.82, 2.24) is 10.2 Å². The predicted octanol–water partition coefficient (Wildman–Crippen LogP) is 3.97. The van der Waals surface area contributed by atoms with E-state index in [4.69, 9.17) is 9.47 Å². The van der Waals surface area contributed by atoms with Gasteiger partial charge in [0.1, 0.15) is 0 Å². The van der Waals surface area contributed by atoms with Gasteiger partial charge in [0.15, 0.2) is 23.9 Å². The third-order valence-electron chi connectivity index (χ3n) is 5.77. The first kappa shape index (κ1) is 22.8. The summed E-state index contributed by atoms with van der Waals surface area (Å²) in [6.45, 7) is 6.26. The number of likely N-dealkylation sites (tertiary alicyclic amines) is 1. The lowest BCUT2D eigenvalue weighted by molar-refractivity contribution is -0.123. The number of carbonyl (C=O) groups is 2. The first-order valence-electron chi connectivity index (χ1n) is 10.9. The minimum Gasteiger partial charge on any atom is -0.493 e. The Labute approximate surface area is 184 Å². The standard InChI is InChI=1S/C25H32N2O4/c1-18-6-4-5-13-27(18)16-21-9-7-20(8-10-21)15-26-25(29)17-31-23-12-11-22(19(2)28)14-24(23)30-3/h7-12,14,18H,4-6,13,15-17H2,1-3H3,(H,26,29). The Morgan fingerprint density at radius 2 is 1.81 bits per heavy atom. The number of carbonyl (C=O) groups excluding carboxylic acids is 2. The fraction of sp³-hybridized carbons (Fsp3) is 0.440. The van der Waals surface area contributed by atoms with Crippen LogP contribution in [0, 0.1) is 0 Å². The van der Waals surface area contributed by atoms with E-state index in [1.807, 2.05) is 0 Å². The van der Waals surface area contributed by atoms with E-state index in [-0.39, 0.29) is 18.3 Å². The Bertz CT molecular complexity index is 895. The lowest BCUT2D eigenvalue weighted by Gasteiger charge is -2.33. The van der Waals surface area contributed by atoms with Crippen molar-refractivity contribution < 1.29 is 19.1 Å². The number of ether oxygens (including phenoxy) is 2. The minimum absolute atomic E-state index is 0.0564. The van der Waals surface area contributed by atoms with Crippen molar-refractivity contribution in [2.45, 2.75) is 52.2 Å². The number of hydrogen-bond acceptors (Lipinski definition) is 5. The molecule has 0 bridgehead atoms. The highest BCUT2D eigenvalue weighted by molar-refractivity contribution is 5.94. The Morgan fingerprint density at radius 1 is 1.06 bits per heavy atom. The van der Waals surface area contributed by atoms with Crippen molar-refractivity contribution in [2.75, 3.05) is 20.3 Å². The van der Waals surface area contributed by atoms with Gasteiger partial charge in [-0.15, -0.1) is 0 Å². The van der Waals surface area contributed by atoms with Gasteiger partial charge in [-0.1, -0.05) is 30.7 Å². The summed E-state index contributed by atoms with van der Waals surface area (Å²) < 4.78 is 10.8. The van der Waals surface area contributed by atoms with Crippen LogP contribution in [0.3, 0.4) is 0 Å². The van der Waals surface area contributed by atoms with Crippen LogP contribution in [0.25, 0.3) is 0 Å². The molecule has 3 rings (SSSR count). The summed E-state index contributed by atoms with van der Waals surface area (Å²) in [6.07, 6.45) is 3.89. The molecule has 6 nitrogen and oxygen atoms in total. The molecule has 0 aliphatic carbocycles. The second-order valence-electron chi connectivity index (χ2n) is 8.12. The molecule has 166 valence electrons. The molecule has 1 amide bonds. The molecule has 1 N–H and O–H groups in total. The van der Waals surface area contributed by atoms with E-state index in [1.165, 1.54) is 45.4 Å². The molecule has 1 heterocycles. The number of nitrogens with zero attached hydrogens (tertiary/aromatic N) is 1. The minimum atomic E-state index is -0.219. The van der Waals surface area contributed by atoms with Crippen molar-refractivity contribution >= 4 is 11.7 Å². The van der Waals surface area contributed by atoms with Gasteiger partial charge in [0, 0.05) is 24.7 Å². The zero-order chi connectivity index (χ0) is 22.2. The highest BCUT2D eigenvalue weighted by Gasteiger charge is 2.18. The van der Waals surface area contributed by atoms with Gasteiger partial charge in [0.25, 0.3) is 5.91 Å². The molecule has 1 saturated heterocycles. The van der Waals surface area contributed by atoms with E-state index in [2.05, 4.69) is 41.4 Å². The first-order valence-corrected chi connectivity index (χ1v) is 10.9. The average molecular weight is 425 g/mol. The average Bonchev–Trinajstić information content (AvgIpc) is 2.78. The molecular weight excluding hydrogens is 392 g/mol. The number of piperidine rings is 1. The van der Waals surface area contributed by atoms with Gasteiger partial charge in [-0.2, -0.15) is 0 Å². The van der Waals surface area contributed by atoms with Crippen molar-refractivity contribution in [3.05, 3.63) is 59.2 Å². The summed E-state index contributed by atoms with van der Waals surface area (Å²) in [6, 6.07) is 14.0. The van der Waals surface area contributed by atoms with Gasteiger partial charge in [-0.3, -0.25) is 14.5 Å². The Morgan fingerprint density at radius 3 is 2.48 bits per heavy atom. The van der Waals surface area contributed by atoms with Gasteiger partial charge < -0.3 is 14.8 Å². The molecule has 0 spiro atoms. The third-order valence-corrected chi connectivity index (χ3v) is 5.77. The summed E-state index contributed by atoms with van der Waals surface area (Å²) in [7, 11) is 1.50. The fourth-order valence-electron chi connectivity index (χ4n) is 3.79. The maximum atomic E-state index is 12.2. The van der Waals surface area contributed by atoms with Gasteiger partial charge >= 0.3 is 0 Å². The molecule has 6 heteroatoms. The number of nitrogens with one attached hydrogen (secondary N) is 1. The normalized spacial score (nSPS) is 16.5. The molecule has 0 radical (unpaired) electrons. The molecule has 2 aromatic rings. The van der Waals surface area contributed by atoms with Crippen LogP contribution in [0.4, 0.5) is 0 Å². The largest absolute Gasteiger partial charge is 0.493 e. The van der Waals surface area contributed by atoms with Crippen molar-refractivity contribution in [3.8, 4) is 11.5 Å². The fourth-order valence-corrected chi connectivity index (χ4v) is 3.79. The number of ketones is 1. The van der Waals surface area contributed by atoms with Crippen LogP contribution in [-0.4, -0.2) is 42.9 Å². The molecule has 0 aromatic heterocycles. The van der Waals surface area contributed by atoms with Gasteiger partial charge in [-0.05, 0) is 62.6 Å². The summed E-state index contributed by atoms with van der Waals surface area (Å²) in [5.41, 5.74) is 2.88. The lowest BCUT2D eigenvalue weighted by atomic mass is 10.0. The lowest BCUT2D eigenvalue weighted by Crippen LogP contribution is -2.36. The van der Waals surface area contributed by atoms with E-state index >= 15 is 0 Å². The van der Waals surface area contributed by atoms with Crippen LogP contribution < -0.4 is 14.8 Å². The topological polar surface area (TPSA) is 67.9 Å². The van der Waals surface area contributed by atoms with Gasteiger partial charge in [0.2, 0.25) is 0 Å². The van der Waals surface area contributed by atoms with Crippen LogP contribution in [0.1, 0.15) is 54.6 Å². The Hall–Kier alpha value is -2.86. The maximum absolute atomic E-state index is 12.2.